The summed E-state index contributed by atoms with van der Waals surface area (Å²) in [5.41, 5.74) is 1.09. The molecular weight excluding hydrogens is 215 g/mol. The Morgan fingerprint density at radius 1 is 1.18 bits per heavy atom. The van der Waals surface area contributed by atoms with Gasteiger partial charge >= 0.3 is 0 Å². The minimum atomic E-state index is -0.394. The molecule has 3 rings (SSSR count). The van der Waals surface area contributed by atoms with E-state index in [1.807, 2.05) is 12.1 Å². The van der Waals surface area contributed by atoms with Crippen LogP contribution in [0.2, 0.25) is 0 Å². The topological polar surface area (TPSA) is 27.0 Å². The van der Waals surface area contributed by atoms with Crippen molar-refractivity contribution in [3.05, 3.63) is 29.6 Å². The predicted molar refractivity (Wildman–Crippen MR) is 64.3 cm³/mol. The fraction of sp³-hybridized carbons (Fsp3) is 0.500. The molecule has 0 aromatic heterocycles. The highest BCUT2D eigenvalue weighted by molar-refractivity contribution is 5.53. The van der Waals surface area contributed by atoms with Gasteiger partial charge in [0.1, 0.15) is 11.9 Å². The number of hydrogen-bond donors (Lipinski definition) is 0. The molecule has 2 nitrogen and oxygen atoms in total. The Hall–Kier alpha value is -1.56. The molecule has 0 radical (unpaired) electrons. The molecule has 3 heteroatoms. The Morgan fingerprint density at radius 3 is 2.47 bits per heavy atom. The van der Waals surface area contributed by atoms with Crippen LogP contribution in [-0.2, 0) is 0 Å². The summed E-state index contributed by atoms with van der Waals surface area (Å²) in [5.74, 6) is -0.394. The van der Waals surface area contributed by atoms with Crippen LogP contribution in [-0.4, -0.2) is 12.1 Å². The highest BCUT2D eigenvalue weighted by Gasteiger charge is 2.36. The molecule has 2 aliphatic heterocycles. The molecule has 1 aromatic carbocycles. The van der Waals surface area contributed by atoms with Crippen LogP contribution in [0.25, 0.3) is 0 Å². The van der Waals surface area contributed by atoms with E-state index >= 15 is 0 Å². The van der Waals surface area contributed by atoms with Gasteiger partial charge in [0.15, 0.2) is 0 Å². The van der Waals surface area contributed by atoms with Crippen molar-refractivity contribution >= 4 is 5.69 Å². The summed E-state index contributed by atoms with van der Waals surface area (Å²) < 4.78 is 13.6. The quantitative estimate of drug-likeness (QED) is 0.740. The molecule has 2 aliphatic rings. The Morgan fingerprint density at radius 2 is 1.88 bits per heavy atom. The molecule has 0 N–H and O–H groups in total. The number of halogens is 1. The van der Waals surface area contributed by atoms with Gasteiger partial charge in [-0.1, -0.05) is 0 Å². The third-order valence-electron chi connectivity index (χ3n) is 4.07. The fourth-order valence-electron chi connectivity index (χ4n) is 3.29. The van der Waals surface area contributed by atoms with E-state index in [0.29, 0.717) is 12.1 Å². The maximum absolute atomic E-state index is 13.6. The second-order valence-corrected chi connectivity index (χ2v) is 5.00. The third kappa shape index (κ3) is 1.68. The molecule has 88 valence electrons. The molecular formula is C14H15FN2. The molecule has 0 spiro atoms. The van der Waals surface area contributed by atoms with Crippen LogP contribution in [0, 0.1) is 17.1 Å². The molecule has 2 heterocycles. The SMILES string of the molecule is N#Cc1ccc(N2C3CCCC2CC3)cc1F. The number of rotatable bonds is 1. The highest BCUT2D eigenvalue weighted by atomic mass is 19.1. The van der Waals surface area contributed by atoms with Gasteiger partial charge in [-0.05, 0) is 50.3 Å². The summed E-state index contributed by atoms with van der Waals surface area (Å²) >= 11 is 0. The van der Waals surface area contributed by atoms with Crippen LogP contribution < -0.4 is 4.90 Å². The zero-order valence-electron chi connectivity index (χ0n) is 9.69. The molecule has 2 atom stereocenters. The van der Waals surface area contributed by atoms with Crippen molar-refractivity contribution in [3.63, 3.8) is 0 Å². The van der Waals surface area contributed by atoms with Gasteiger partial charge in [0.2, 0.25) is 0 Å². The van der Waals surface area contributed by atoms with E-state index in [4.69, 9.17) is 5.26 Å². The molecule has 2 unspecified atom stereocenters. The van der Waals surface area contributed by atoms with E-state index in [1.165, 1.54) is 38.2 Å². The van der Waals surface area contributed by atoms with Gasteiger partial charge < -0.3 is 4.90 Å². The Balaban J connectivity index is 1.95. The van der Waals surface area contributed by atoms with Gasteiger partial charge in [0.05, 0.1) is 5.56 Å². The number of benzene rings is 1. The van der Waals surface area contributed by atoms with Crippen LogP contribution in [0.1, 0.15) is 37.7 Å². The molecule has 0 amide bonds. The van der Waals surface area contributed by atoms with Gasteiger partial charge in [-0.3, -0.25) is 0 Å². The largest absolute Gasteiger partial charge is 0.365 e. The lowest BCUT2D eigenvalue weighted by atomic mass is 10.0. The molecule has 1 aromatic rings. The normalized spacial score (nSPS) is 26.9. The summed E-state index contributed by atoms with van der Waals surface area (Å²) in [7, 11) is 0. The molecule has 2 fully saturated rings. The number of nitrogens with zero attached hydrogens (tertiary/aromatic N) is 2. The van der Waals surface area contributed by atoms with Crippen LogP contribution in [0.4, 0.5) is 10.1 Å². The third-order valence-corrected chi connectivity index (χ3v) is 4.07. The van der Waals surface area contributed by atoms with Crippen molar-refractivity contribution < 1.29 is 4.39 Å². The summed E-state index contributed by atoms with van der Waals surface area (Å²) in [5, 5.41) is 8.73. The van der Waals surface area contributed by atoms with Gasteiger partial charge in [0, 0.05) is 17.8 Å². The van der Waals surface area contributed by atoms with Crippen LogP contribution >= 0.6 is 0 Å². The number of fused-ring (bicyclic) bond motifs is 2. The van der Waals surface area contributed by atoms with Crippen molar-refractivity contribution in [2.75, 3.05) is 4.90 Å². The van der Waals surface area contributed by atoms with E-state index in [0.717, 1.165) is 5.69 Å². The summed E-state index contributed by atoms with van der Waals surface area (Å²) in [6, 6.07) is 8.04. The molecule has 0 aliphatic carbocycles. The van der Waals surface area contributed by atoms with Crippen molar-refractivity contribution in [3.8, 4) is 6.07 Å². The second kappa shape index (κ2) is 4.03. The summed E-state index contributed by atoms with van der Waals surface area (Å²) in [6.45, 7) is 0. The highest BCUT2D eigenvalue weighted by Crippen LogP contribution is 2.39. The van der Waals surface area contributed by atoms with E-state index in [-0.39, 0.29) is 5.56 Å². The average Bonchev–Trinajstić information content (AvgIpc) is 2.59. The zero-order chi connectivity index (χ0) is 11.8. The second-order valence-electron chi connectivity index (χ2n) is 5.00. The average molecular weight is 230 g/mol. The minimum Gasteiger partial charge on any atom is -0.365 e. The molecule has 2 bridgehead atoms. The standard InChI is InChI=1S/C14H15FN2/c15-14-8-13(5-4-10(14)9-16)17-11-2-1-3-12(17)7-6-11/h4-5,8,11-12H,1-3,6-7H2. The van der Waals surface area contributed by atoms with Crippen molar-refractivity contribution in [1.82, 2.24) is 0 Å². The number of piperidine rings is 1. The van der Waals surface area contributed by atoms with Crippen molar-refractivity contribution in [2.24, 2.45) is 0 Å². The summed E-state index contributed by atoms with van der Waals surface area (Å²) in [6.07, 6.45) is 6.19. The number of nitriles is 1. The van der Waals surface area contributed by atoms with Gasteiger partial charge in [-0.15, -0.1) is 0 Å². The van der Waals surface area contributed by atoms with E-state index in [9.17, 15) is 4.39 Å². The lowest BCUT2D eigenvalue weighted by Crippen LogP contribution is -2.39. The van der Waals surface area contributed by atoms with Crippen molar-refractivity contribution in [1.29, 1.82) is 5.26 Å². The van der Waals surface area contributed by atoms with E-state index in [2.05, 4.69) is 4.90 Å². The lowest BCUT2D eigenvalue weighted by molar-refractivity contribution is 0.467. The molecule has 2 saturated heterocycles. The smallest absolute Gasteiger partial charge is 0.143 e. The molecule has 0 saturated carbocycles. The maximum atomic E-state index is 13.6. The van der Waals surface area contributed by atoms with E-state index in [1.54, 1.807) is 6.07 Å². The minimum absolute atomic E-state index is 0.137. The number of hydrogen-bond acceptors (Lipinski definition) is 2. The first-order valence-corrected chi connectivity index (χ1v) is 6.27. The Kier molecular flexibility index (Phi) is 2.51. The van der Waals surface area contributed by atoms with Crippen LogP contribution in [0.5, 0.6) is 0 Å². The van der Waals surface area contributed by atoms with Crippen molar-refractivity contribution in [2.45, 2.75) is 44.2 Å². The zero-order valence-corrected chi connectivity index (χ0v) is 9.69. The first-order chi connectivity index (χ1) is 8.29. The van der Waals surface area contributed by atoms with E-state index < -0.39 is 5.82 Å². The van der Waals surface area contributed by atoms with Gasteiger partial charge in [-0.2, -0.15) is 5.26 Å². The fourth-order valence-corrected chi connectivity index (χ4v) is 3.29. The number of anilines is 1. The first-order valence-electron chi connectivity index (χ1n) is 6.27. The van der Waals surface area contributed by atoms with Gasteiger partial charge in [-0.25, -0.2) is 4.39 Å². The molecule has 17 heavy (non-hydrogen) atoms. The predicted octanol–water partition coefficient (Wildman–Crippen LogP) is 3.22. The van der Waals surface area contributed by atoms with Gasteiger partial charge in [0.25, 0.3) is 0 Å². The lowest BCUT2D eigenvalue weighted by Gasteiger charge is -2.36. The Bertz CT molecular complexity index is 462. The van der Waals surface area contributed by atoms with Crippen LogP contribution in [0.3, 0.4) is 0 Å². The van der Waals surface area contributed by atoms with Crippen LogP contribution in [0.15, 0.2) is 18.2 Å². The maximum Gasteiger partial charge on any atom is 0.143 e. The summed E-state index contributed by atoms with van der Waals surface area (Å²) in [4.78, 5) is 2.37. The monoisotopic (exact) mass is 230 g/mol. The Labute approximate surface area is 101 Å². The first kappa shape index (κ1) is 10.6.